The second-order valence-electron chi connectivity index (χ2n) is 2.23. The minimum absolute atomic E-state index is 1.12. The molecule has 2 heteroatoms. The van der Waals surface area contributed by atoms with Gasteiger partial charge in [0.15, 0.2) is 0 Å². The Morgan fingerprint density at radius 3 is 1.50 bits per heavy atom. The molecule has 0 bridgehead atoms. The average Bonchev–Trinajstić information content (AvgIpc) is 1.89. The van der Waals surface area contributed by atoms with Crippen LogP contribution in [0.3, 0.4) is 0 Å². The summed E-state index contributed by atoms with van der Waals surface area (Å²) in [5.41, 5.74) is 2.63. The SMILES string of the molecule is Brc1cc2c(cc1Br)C=C2. The Morgan fingerprint density at radius 2 is 1.20 bits per heavy atom. The van der Waals surface area contributed by atoms with Crippen LogP contribution in [0.1, 0.15) is 11.1 Å². The predicted octanol–water partition coefficient (Wildman–Crippen LogP) is 3.70. The fourth-order valence-corrected chi connectivity index (χ4v) is 1.67. The lowest BCUT2D eigenvalue weighted by Crippen LogP contribution is -1.88. The van der Waals surface area contributed by atoms with Gasteiger partial charge in [-0.3, -0.25) is 0 Å². The molecule has 1 aromatic carbocycles. The summed E-state index contributed by atoms with van der Waals surface area (Å²) in [7, 11) is 0. The zero-order valence-electron chi connectivity index (χ0n) is 5.07. The van der Waals surface area contributed by atoms with Crippen LogP contribution in [0.5, 0.6) is 0 Å². The molecule has 0 atom stereocenters. The molecule has 0 fully saturated rings. The first-order valence-electron chi connectivity index (χ1n) is 2.94. The highest BCUT2D eigenvalue weighted by Gasteiger charge is 2.07. The Labute approximate surface area is 76.2 Å². The maximum atomic E-state index is 3.43. The van der Waals surface area contributed by atoms with Crippen molar-refractivity contribution in [3.05, 3.63) is 32.2 Å². The Bertz CT molecular complexity index is 282. The van der Waals surface area contributed by atoms with E-state index in [9.17, 15) is 0 Å². The molecule has 10 heavy (non-hydrogen) atoms. The molecule has 0 heterocycles. The molecule has 0 amide bonds. The van der Waals surface area contributed by atoms with Crippen LogP contribution in [0.2, 0.25) is 0 Å². The minimum Gasteiger partial charge on any atom is -0.0537 e. The highest BCUT2D eigenvalue weighted by atomic mass is 79.9. The molecule has 0 N–H and O–H groups in total. The van der Waals surface area contributed by atoms with Crippen molar-refractivity contribution in [1.82, 2.24) is 0 Å². The third-order valence-electron chi connectivity index (χ3n) is 1.57. The van der Waals surface area contributed by atoms with Gasteiger partial charge in [-0.05, 0) is 55.1 Å². The van der Waals surface area contributed by atoms with E-state index in [0.717, 1.165) is 8.95 Å². The lowest BCUT2D eigenvalue weighted by atomic mass is 9.98. The molecule has 0 radical (unpaired) electrons. The summed E-state index contributed by atoms with van der Waals surface area (Å²) in [4.78, 5) is 0. The van der Waals surface area contributed by atoms with Crippen LogP contribution in [0.25, 0.3) is 12.2 Å². The topological polar surface area (TPSA) is 0 Å². The largest absolute Gasteiger partial charge is 0.0537 e. The summed E-state index contributed by atoms with van der Waals surface area (Å²) in [5.74, 6) is 0. The van der Waals surface area contributed by atoms with Gasteiger partial charge in [0.2, 0.25) is 0 Å². The molecule has 0 unspecified atom stereocenters. The van der Waals surface area contributed by atoms with E-state index in [1.54, 1.807) is 0 Å². The van der Waals surface area contributed by atoms with E-state index in [4.69, 9.17) is 0 Å². The number of hydrogen-bond donors (Lipinski definition) is 0. The maximum Gasteiger partial charge on any atom is 0.0323 e. The predicted molar refractivity (Wildman–Crippen MR) is 50.8 cm³/mol. The fourth-order valence-electron chi connectivity index (χ4n) is 0.950. The van der Waals surface area contributed by atoms with Crippen LogP contribution < -0.4 is 0 Å². The number of benzene rings is 1. The van der Waals surface area contributed by atoms with Gasteiger partial charge >= 0.3 is 0 Å². The molecule has 2 rings (SSSR count). The summed E-state index contributed by atoms with van der Waals surface area (Å²) in [6.07, 6.45) is 4.21. The van der Waals surface area contributed by atoms with E-state index < -0.39 is 0 Å². The Balaban J connectivity index is 2.65. The molecule has 1 aliphatic rings. The summed E-state index contributed by atoms with van der Waals surface area (Å²) in [6.45, 7) is 0. The standard InChI is InChI=1S/C8H4Br2/c9-7-3-5-1-2-6(5)4-8(7)10/h1-4H. The highest BCUT2D eigenvalue weighted by molar-refractivity contribution is 9.13. The zero-order chi connectivity index (χ0) is 7.14. The van der Waals surface area contributed by atoms with Crippen molar-refractivity contribution in [2.24, 2.45) is 0 Å². The van der Waals surface area contributed by atoms with Crippen LogP contribution in [-0.2, 0) is 0 Å². The molecule has 0 saturated carbocycles. The van der Waals surface area contributed by atoms with Gasteiger partial charge in [0.25, 0.3) is 0 Å². The maximum absolute atomic E-state index is 3.43. The minimum atomic E-state index is 1.12. The molecular formula is C8H4Br2. The van der Waals surface area contributed by atoms with Gasteiger partial charge in [-0.2, -0.15) is 0 Å². The summed E-state index contributed by atoms with van der Waals surface area (Å²) in [5, 5.41) is 0. The first-order chi connectivity index (χ1) is 4.77. The van der Waals surface area contributed by atoms with Crippen LogP contribution in [0, 0.1) is 0 Å². The Kier molecular flexibility index (Phi) is 1.46. The third kappa shape index (κ3) is 0.867. The van der Waals surface area contributed by atoms with Gasteiger partial charge in [-0.15, -0.1) is 0 Å². The first-order valence-corrected chi connectivity index (χ1v) is 4.53. The molecule has 0 spiro atoms. The molecular weight excluding hydrogens is 256 g/mol. The van der Waals surface area contributed by atoms with Crippen LogP contribution in [0.15, 0.2) is 21.1 Å². The van der Waals surface area contributed by atoms with Gasteiger partial charge in [0.1, 0.15) is 0 Å². The molecule has 50 valence electrons. The summed E-state index contributed by atoms with van der Waals surface area (Å²) >= 11 is 6.87. The normalized spacial score (nSPS) is 12.6. The quantitative estimate of drug-likeness (QED) is 0.677. The Morgan fingerprint density at radius 1 is 0.800 bits per heavy atom. The van der Waals surface area contributed by atoms with Gasteiger partial charge in [-0.25, -0.2) is 0 Å². The third-order valence-corrected chi connectivity index (χ3v) is 3.41. The van der Waals surface area contributed by atoms with Gasteiger partial charge in [-0.1, -0.05) is 12.2 Å². The smallest absolute Gasteiger partial charge is 0.0323 e. The lowest BCUT2D eigenvalue weighted by Gasteiger charge is -2.10. The molecule has 0 aromatic heterocycles. The Hall–Kier alpha value is -0.0800. The average molecular weight is 260 g/mol. The number of fused-ring (bicyclic) bond motifs is 1. The summed E-state index contributed by atoms with van der Waals surface area (Å²) < 4.78 is 2.24. The second-order valence-corrected chi connectivity index (χ2v) is 3.94. The van der Waals surface area contributed by atoms with Crippen LogP contribution in [0.4, 0.5) is 0 Å². The van der Waals surface area contributed by atoms with Crippen molar-refractivity contribution in [1.29, 1.82) is 0 Å². The molecule has 1 aromatic rings. The molecule has 0 aliphatic heterocycles. The molecule has 0 nitrogen and oxygen atoms in total. The second kappa shape index (κ2) is 2.21. The van der Waals surface area contributed by atoms with E-state index in [2.05, 4.69) is 56.1 Å². The monoisotopic (exact) mass is 258 g/mol. The van der Waals surface area contributed by atoms with Gasteiger partial charge in [0.05, 0.1) is 0 Å². The van der Waals surface area contributed by atoms with Gasteiger partial charge in [0, 0.05) is 8.95 Å². The molecule has 0 saturated heterocycles. The number of rotatable bonds is 0. The number of hydrogen-bond acceptors (Lipinski definition) is 0. The highest BCUT2D eigenvalue weighted by Crippen LogP contribution is 2.32. The van der Waals surface area contributed by atoms with Crippen molar-refractivity contribution >= 4 is 44.0 Å². The van der Waals surface area contributed by atoms with E-state index in [1.807, 2.05) is 0 Å². The lowest BCUT2D eigenvalue weighted by molar-refractivity contribution is 1.50. The van der Waals surface area contributed by atoms with Crippen molar-refractivity contribution in [2.75, 3.05) is 0 Å². The van der Waals surface area contributed by atoms with Crippen molar-refractivity contribution in [2.45, 2.75) is 0 Å². The number of halogens is 2. The van der Waals surface area contributed by atoms with Gasteiger partial charge < -0.3 is 0 Å². The summed E-state index contributed by atoms with van der Waals surface area (Å²) in [6, 6.07) is 4.22. The van der Waals surface area contributed by atoms with E-state index in [-0.39, 0.29) is 0 Å². The van der Waals surface area contributed by atoms with Crippen LogP contribution >= 0.6 is 31.9 Å². The van der Waals surface area contributed by atoms with E-state index in [1.165, 1.54) is 11.1 Å². The van der Waals surface area contributed by atoms with Crippen molar-refractivity contribution < 1.29 is 0 Å². The fraction of sp³-hybridized carbons (Fsp3) is 0. The van der Waals surface area contributed by atoms with Crippen molar-refractivity contribution in [3.63, 3.8) is 0 Å². The van der Waals surface area contributed by atoms with E-state index >= 15 is 0 Å². The zero-order valence-corrected chi connectivity index (χ0v) is 8.24. The molecule has 1 aliphatic carbocycles. The van der Waals surface area contributed by atoms with E-state index in [0.29, 0.717) is 0 Å². The van der Waals surface area contributed by atoms with Crippen LogP contribution in [-0.4, -0.2) is 0 Å². The van der Waals surface area contributed by atoms with Crippen molar-refractivity contribution in [3.8, 4) is 0 Å². The first kappa shape index (κ1) is 6.62.